The number of aryl methyl sites for hydroxylation is 1. The maximum absolute atomic E-state index is 6.28. The van der Waals surface area contributed by atoms with Crippen LogP contribution in [0.4, 0.5) is 11.5 Å². The third-order valence-corrected chi connectivity index (χ3v) is 4.15. The van der Waals surface area contributed by atoms with Crippen LogP contribution in [0.25, 0.3) is 0 Å². The second kappa shape index (κ2) is 5.57. The van der Waals surface area contributed by atoms with Crippen molar-refractivity contribution in [3.05, 3.63) is 17.6 Å². The minimum absolute atomic E-state index is 0.195. The Morgan fingerprint density at radius 2 is 2.24 bits per heavy atom. The Balaban J connectivity index is 1.94. The molecule has 0 saturated carbocycles. The Bertz CT molecular complexity index is 591. The van der Waals surface area contributed by atoms with Crippen LogP contribution in [0, 0.1) is 0 Å². The van der Waals surface area contributed by atoms with Gasteiger partial charge in [-0.2, -0.15) is 5.10 Å². The molecule has 21 heavy (non-hydrogen) atoms. The van der Waals surface area contributed by atoms with Crippen molar-refractivity contribution in [2.45, 2.75) is 18.9 Å². The van der Waals surface area contributed by atoms with Gasteiger partial charge in [-0.25, -0.2) is 4.99 Å². The molecule has 0 radical (unpaired) electrons. The summed E-state index contributed by atoms with van der Waals surface area (Å²) in [5.41, 5.74) is 12.9. The van der Waals surface area contributed by atoms with Gasteiger partial charge in [-0.05, 0) is 12.8 Å². The number of nitrogens with zero attached hydrogens (tertiary/aromatic N) is 5. The molecule has 8 heteroatoms. The molecule has 0 aliphatic carbocycles. The second-order valence-electron chi connectivity index (χ2n) is 5.48. The second-order valence-corrected chi connectivity index (χ2v) is 5.87. The number of aromatic nitrogens is 2. The highest BCUT2D eigenvalue weighted by atomic mass is 35.5. The van der Waals surface area contributed by atoms with E-state index in [9.17, 15) is 0 Å². The fraction of sp³-hybridized carbons (Fsp3) is 0.538. The number of amidine groups is 1. The van der Waals surface area contributed by atoms with E-state index in [0.29, 0.717) is 17.5 Å². The van der Waals surface area contributed by atoms with Gasteiger partial charge in [0.1, 0.15) is 16.7 Å². The molecule has 3 rings (SSSR count). The third kappa shape index (κ3) is 2.71. The number of hydrogen-bond donors (Lipinski definition) is 2. The van der Waals surface area contributed by atoms with Crippen molar-refractivity contribution in [2.24, 2.45) is 23.5 Å². The van der Waals surface area contributed by atoms with E-state index >= 15 is 0 Å². The predicted octanol–water partition coefficient (Wildman–Crippen LogP) is 0.562. The average Bonchev–Trinajstić information content (AvgIpc) is 2.83. The number of anilines is 2. The van der Waals surface area contributed by atoms with Gasteiger partial charge in [-0.3, -0.25) is 4.68 Å². The summed E-state index contributed by atoms with van der Waals surface area (Å²) in [6.45, 7) is 2.26. The summed E-state index contributed by atoms with van der Waals surface area (Å²) in [6, 6.07) is 0.195. The van der Waals surface area contributed by atoms with Crippen molar-refractivity contribution in [1.29, 1.82) is 0 Å². The lowest BCUT2D eigenvalue weighted by Crippen LogP contribution is -2.44. The van der Waals surface area contributed by atoms with Gasteiger partial charge in [0.25, 0.3) is 0 Å². The zero-order valence-electron chi connectivity index (χ0n) is 12.0. The third-order valence-electron chi connectivity index (χ3n) is 3.85. The molecule has 1 aromatic heterocycles. The van der Waals surface area contributed by atoms with Gasteiger partial charge < -0.3 is 21.3 Å². The van der Waals surface area contributed by atoms with Crippen molar-refractivity contribution in [2.75, 3.05) is 29.4 Å². The average molecular weight is 310 g/mol. The predicted molar refractivity (Wildman–Crippen MR) is 85.5 cm³/mol. The standard InChI is InChI=1S/C13H20ClN7/c1-19-13(20-4-2-3-9(15)7-20)10(5-18-19)21-8-12(16)17-6-11(21)14/h5-6,9H,2-4,7-8,15H2,1H3,(H2,16,17)/t9-/m0/s1. The lowest BCUT2D eigenvalue weighted by atomic mass is 10.1. The van der Waals surface area contributed by atoms with Crippen LogP contribution in [0.15, 0.2) is 22.5 Å². The van der Waals surface area contributed by atoms with Crippen LogP contribution >= 0.6 is 11.6 Å². The molecule has 4 N–H and O–H groups in total. The summed E-state index contributed by atoms with van der Waals surface area (Å²) in [6.07, 6.45) is 5.52. The van der Waals surface area contributed by atoms with Crippen molar-refractivity contribution in [3.8, 4) is 0 Å². The largest absolute Gasteiger partial charge is 0.386 e. The topological polar surface area (TPSA) is 88.7 Å². The fourth-order valence-electron chi connectivity index (χ4n) is 2.86. The van der Waals surface area contributed by atoms with E-state index in [1.807, 2.05) is 22.8 Å². The Morgan fingerprint density at radius 3 is 3.00 bits per heavy atom. The molecule has 0 spiro atoms. The molecule has 1 atom stereocenters. The Hall–Kier alpha value is -1.73. The molecule has 1 aromatic rings. The normalized spacial score (nSPS) is 23.1. The first-order valence-corrected chi connectivity index (χ1v) is 7.42. The van der Waals surface area contributed by atoms with Crippen LogP contribution in [-0.4, -0.2) is 41.3 Å². The number of hydrogen-bond acceptors (Lipinski definition) is 6. The van der Waals surface area contributed by atoms with Gasteiger partial charge in [-0.1, -0.05) is 11.6 Å². The van der Waals surface area contributed by atoms with E-state index in [-0.39, 0.29) is 6.04 Å². The number of aliphatic imine (C=N–C) groups is 1. The van der Waals surface area contributed by atoms with Crippen molar-refractivity contribution >= 4 is 28.9 Å². The summed E-state index contributed by atoms with van der Waals surface area (Å²) in [4.78, 5) is 8.24. The molecule has 0 aromatic carbocycles. The molecule has 2 aliphatic heterocycles. The summed E-state index contributed by atoms with van der Waals surface area (Å²) < 4.78 is 1.86. The maximum Gasteiger partial charge on any atom is 0.150 e. The van der Waals surface area contributed by atoms with E-state index < -0.39 is 0 Å². The molecule has 1 fully saturated rings. The highest BCUT2D eigenvalue weighted by Crippen LogP contribution is 2.34. The van der Waals surface area contributed by atoms with Crippen molar-refractivity contribution < 1.29 is 0 Å². The zero-order chi connectivity index (χ0) is 15.0. The quantitative estimate of drug-likeness (QED) is 0.779. The van der Waals surface area contributed by atoms with E-state index in [0.717, 1.165) is 37.4 Å². The lowest BCUT2D eigenvalue weighted by Gasteiger charge is -2.35. The van der Waals surface area contributed by atoms with Gasteiger partial charge in [0, 0.05) is 26.2 Å². The highest BCUT2D eigenvalue weighted by Gasteiger charge is 2.27. The molecular weight excluding hydrogens is 290 g/mol. The van der Waals surface area contributed by atoms with Gasteiger partial charge in [0.05, 0.1) is 18.9 Å². The summed E-state index contributed by atoms with van der Waals surface area (Å²) in [7, 11) is 1.93. The summed E-state index contributed by atoms with van der Waals surface area (Å²) in [5.74, 6) is 1.55. The fourth-order valence-corrected chi connectivity index (χ4v) is 3.06. The van der Waals surface area contributed by atoms with Crippen LogP contribution in [0.3, 0.4) is 0 Å². The Labute approximate surface area is 128 Å². The van der Waals surface area contributed by atoms with Gasteiger partial charge in [0.15, 0.2) is 5.82 Å². The van der Waals surface area contributed by atoms with Crippen LogP contribution in [0.1, 0.15) is 12.8 Å². The highest BCUT2D eigenvalue weighted by molar-refractivity contribution is 6.31. The first-order chi connectivity index (χ1) is 10.1. The first kappa shape index (κ1) is 14.2. The van der Waals surface area contributed by atoms with Crippen LogP contribution in [-0.2, 0) is 7.05 Å². The van der Waals surface area contributed by atoms with Gasteiger partial charge >= 0.3 is 0 Å². The number of halogens is 1. The molecule has 7 nitrogen and oxygen atoms in total. The first-order valence-electron chi connectivity index (χ1n) is 7.04. The number of nitrogens with two attached hydrogens (primary N) is 2. The lowest BCUT2D eigenvalue weighted by molar-refractivity contribution is 0.497. The molecular formula is C13H20ClN7. The smallest absolute Gasteiger partial charge is 0.150 e. The maximum atomic E-state index is 6.28. The van der Waals surface area contributed by atoms with Gasteiger partial charge in [0.2, 0.25) is 0 Å². The zero-order valence-corrected chi connectivity index (χ0v) is 12.8. The summed E-state index contributed by atoms with van der Waals surface area (Å²) >= 11 is 6.28. The molecule has 114 valence electrons. The minimum Gasteiger partial charge on any atom is -0.386 e. The van der Waals surface area contributed by atoms with E-state index in [1.165, 1.54) is 0 Å². The Kier molecular flexibility index (Phi) is 3.77. The number of piperidine rings is 1. The Morgan fingerprint density at radius 1 is 1.43 bits per heavy atom. The SMILES string of the molecule is Cn1ncc(N2CC(N)=NC=C2Cl)c1N1CCC[C@H](N)C1. The molecule has 1 saturated heterocycles. The molecule has 2 aliphatic rings. The van der Waals surface area contributed by atoms with Gasteiger partial charge in [-0.15, -0.1) is 0 Å². The van der Waals surface area contributed by atoms with Crippen molar-refractivity contribution in [1.82, 2.24) is 9.78 Å². The molecule has 3 heterocycles. The van der Waals surface area contributed by atoms with Crippen molar-refractivity contribution in [3.63, 3.8) is 0 Å². The van der Waals surface area contributed by atoms with E-state index in [1.54, 1.807) is 6.20 Å². The summed E-state index contributed by atoms with van der Waals surface area (Å²) in [5, 5.41) is 4.92. The molecule has 0 bridgehead atoms. The monoisotopic (exact) mass is 309 g/mol. The van der Waals surface area contributed by atoms with Crippen LogP contribution < -0.4 is 21.3 Å². The van der Waals surface area contributed by atoms with Crippen LogP contribution in [0.2, 0.25) is 0 Å². The number of rotatable bonds is 2. The molecule has 0 unspecified atom stereocenters. The van der Waals surface area contributed by atoms with E-state index in [4.69, 9.17) is 23.1 Å². The van der Waals surface area contributed by atoms with Crippen LogP contribution in [0.5, 0.6) is 0 Å². The minimum atomic E-state index is 0.195. The molecule has 0 amide bonds. The van der Waals surface area contributed by atoms with E-state index in [2.05, 4.69) is 15.0 Å².